The van der Waals surface area contributed by atoms with Crippen LogP contribution >= 0.6 is 0 Å². The van der Waals surface area contributed by atoms with E-state index in [1.165, 1.54) is 12.3 Å². The lowest BCUT2D eigenvalue weighted by Gasteiger charge is -2.17. The number of pyridine rings is 2. The van der Waals surface area contributed by atoms with Gasteiger partial charge in [-0.2, -0.15) is 5.10 Å². The first-order valence-electron chi connectivity index (χ1n) is 9.74. The Hall–Kier alpha value is -3.65. The zero-order valence-corrected chi connectivity index (χ0v) is 17.5. The second kappa shape index (κ2) is 8.23. The van der Waals surface area contributed by atoms with Gasteiger partial charge in [0.05, 0.1) is 29.1 Å². The van der Waals surface area contributed by atoms with Gasteiger partial charge in [-0.25, -0.2) is 4.39 Å². The summed E-state index contributed by atoms with van der Waals surface area (Å²) in [5.41, 5.74) is 9.54. The number of benzene rings is 1. The Kier molecular flexibility index (Phi) is 5.48. The van der Waals surface area contributed by atoms with Crippen molar-refractivity contribution in [3.63, 3.8) is 0 Å². The summed E-state index contributed by atoms with van der Waals surface area (Å²) in [6, 6.07) is 8.53. The van der Waals surface area contributed by atoms with E-state index in [1.807, 2.05) is 26.2 Å². The van der Waals surface area contributed by atoms with Crippen LogP contribution < -0.4 is 5.73 Å². The third-order valence-electron chi connectivity index (χ3n) is 5.30. The quantitative estimate of drug-likeness (QED) is 0.515. The van der Waals surface area contributed by atoms with E-state index in [1.54, 1.807) is 36.2 Å². The number of fused-ring (bicyclic) bond motifs is 1. The number of hydrogen-bond donors (Lipinski definition) is 1. The van der Waals surface area contributed by atoms with Gasteiger partial charge < -0.3 is 10.5 Å². The molecule has 8 heteroatoms. The average molecular weight is 419 g/mol. The highest BCUT2D eigenvalue weighted by Gasteiger charge is 2.23. The van der Waals surface area contributed by atoms with Crippen LogP contribution in [0.2, 0.25) is 0 Å². The van der Waals surface area contributed by atoms with Crippen LogP contribution in [0.3, 0.4) is 0 Å². The third kappa shape index (κ3) is 3.89. The predicted octanol–water partition coefficient (Wildman–Crippen LogP) is 3.57. The number of aromatic nitrogens is 4. The minimum Gasteiger partial charge on any atom is -0.378 e. The molecule has 2 N–H and O–H groups in total. The molecule has 3 aromatic heterocycles. The van der Waals surface area contributed by atoms with Gasteiger partial charge in [0.25, 0.3) is 5.91 Å². The summed E-state index contributed by atoms with van der Waals surface area (Å²) in [6.07, 6.45) is 4.84. The van der Waals surface area contributed by atoms with E-state index in [2.05, 4.69) is 15.1 Å². The Morgan fingerprint density at radius 3 is 2.65 bits per heavy atom. The minimum atomic E-state index is -0.594. The highest BCUT2D eigenvalue weighted by molar-refractivity contribution is 6.00. The number of nitrogens with two attached hydrogens (primary N) is 1. The fraction of sp³-hybridized carbons (Fsp3) is 0.217. The predicted molar refractivity (Wildman–Crippen MR) is 115 cm³/mol. The molecule has 4 rings (SSSR count). The van der Waals surface area contributed by atoms with Gasteiger partial charge in [0.2, 0.25) is 0 Å². The summed E-state index contributed by atoms with van der Waals surface area (Å²) < 4.78 is 21.7. The second-order valence-electron chi connectivity index (χ2n) is 7.41. The molecule has 0 aliphatic carbocycles. The number of ether oxygens (including phenoxy) is 1. The molecule has 4 aromatic rings. The van der Waals surface area contributed by atoms with Crippen molar-refractivity contribution in [3.8, 4) is 11.1 Å². The molecule has 7 nitrogen and oxygen atoms in total. The standard InChI is InChI=1S/C23H22FN5O2/c1-13(20-6-7-29(2)28-20)22-17-8-16(14-4-5-15(12-31-3)26-10-14)19(24)9-21(17)27-11-18(22)23(25)30/h4-11,13H,12H2,1-3H3,(H2,25,30)/t13-/m1/s1. The summed E-state index contributed by atoms with van der Waals surface area (Å²) in [7, 11) is 3.41. The maximum atomic E-state index is 15.0. The maximum Gasteiger partial charge on any atom is 0.250 e. The van der Waals surface area contributed by atoms with E-state index in [-0.39, 0.29) is 11.5 Å². The van der Waals surface area contributed by atoms with Crippen LogP contribution in [0.1, 0.15) is 40.2 Å². The molecule has 0 fully saturated rings. The van der Waals surface area contributed by atoms with Gasteiger partial charge in [-0.1, -0.05) is 13.0 Å². The molecule has 0 bridgehead atoms. The number of primary amides is 1. The number of carbonyl (C=O) groups is 1. The Morgan fingerprint density at radius 1 is 1.23 bits per heavy atom. The van der Waals surface area contributed by atoms with Gasteiger partial charge in [-0.3, -0.25) is 19.4 Å². The van der Waals surface area contributed by atoms with Crippen LogP contribution in [0.25, 0.3) is 22.0 Å². The van der Waals surface area contributed by atoms with Crippen molar-refractivity contribution in [2.75, 3.05) is 7.11 Å². The first kappa shape index (κ1) is 20.6. The summed E-state index contributed by atoms with van der Waals surface area (Å²) in [4.78, 5) is 20.8. The van der Waals surface area contributed by atoms with Crippen molar-refractivity contribution in [3.05, 3.63) is 77.3 Å². The maximum absolute atomic E-state index is 15.0. The molecule has 3 heterocycles. The van der Waals surface area contributed by atoms with Gasteiger partial charge in [0, 0.05) is 61.2 Å². The zero-order chi connectivity index (χ0) is 22.1. The Bertz CT molecular complexity index is 1270. The third-order valence-corrected chi connectivity index (χ3v) is 5.30. The Balaban J connectivity index is 1.93. The molecule has 31 heavy (non-hydrogen) atoms. The molecule has 0 saturated carbocycles. The van der Waals surface area contributed by atoms with E-state index in [0.29, 0.717) is 34.2 Å². The van der Waals surface area contributed by atoms with Crippen LogP contribution in [0.4, 0.5) is 4.39 Å². The van der Waals surface area contributed by atoms with E-state index in [9.17, 15) is 9.18 Å². The molecule has 0 aliphatic heterocycles. The molecule has 0 radical (unpaired) electrons. The molecule has 0 spiro atoms. The van der Waals surface area contributed by atoms with Crippen LogP contribution in [0.5, 0.6) is 0 Å². The number of aryl methyl sites for hydroxylation is 1. The van der Waals surface area contributed by atoms with Crippen molar-refractivity contribution in [2.24, 2.45) is 12.8 Å². The van der Waals surface area contributed by atoms with Crippen molar-refractivity contribution in [1.82, 2.24) is 19.7 Å². The number of rotatable bonds is 6. The van der Waals surface area contributed by atoms with Gasteiger partial charge >= 0.3 is 0 Å². The lowest BCUT2D eigenvalue weighted by Crippen LogP contribution is -2.16. The lowest BCUT2D eigenvalue weighted by atomic mass is 9.89. The summed E-state index contributed by atoms with van der Waals surface area (Å²) in [5, 5.41) is 5.11. The number of halogens is 1. The molecule has 0 saturated heterocycles. The SMILES string of the molecule is COCc1ccc(-c2cc3c([C@H](C)c4ccn(C)n4)c(C(N)=O)cnc3cc2F)cn1. The summed E-state index contributed by atoms with van der Waals surface area (Å²) in [5.74, 6) is -1.28. The Morgan fingerprint density at radius 2 is 2.03 bits per heavy atom. The summed E-state index contributed by atoms with van der Waals surface area (Å²) >= 11 is 0. The van der Waals surface area contributed by atoms with E-state index in [0.717, 1.165) is 11.4 Å². The van der Waals surface area contributed by atoms with Gasteiger partial charge in [0.1, 0.15) is 5.82 Å². The van der Waals surface area contributed by atoms with Gasteiger partial charge in [-0.05, 0) is 23.8 Å². The molecule has 0 aliphatic rings. The topological polar surface area (TPSA) is 95.9 Å². The van der Waals surface area contributed by atoms with Crippen LogP contribution in [-0.4, -0.2) is 32.8 Å². The van der Waals surface area contributed by atoms with Crippen molar-refractivity contribution in [1.29, 1.82) is 0 Å². The van der Waals surface area contributed by atoms with Crippen molar-refractivity contribution in [2.45, 2.75) is 19.4 Å². The Labute approximate surface area is 178 Å². The smallest absolute Gasteiger partial charge is 0.250 e. The number of hydrogen-bond acceptors (Lipinski definition) is 5. The first-order chi connectivity index (χ1) is 14.9. The molecular weight excluding hydrogens is 397 g/mol. The molecule has 158 valence electrons. The number of carbonyl (C=O) groups excluding carboxylic acids is 1. The summed E-state index contributed by atoms with van der Waals surface area (Å²) in [6.45, 7) is 2.31. The number of nitrogens with zero attached hydrogens (tertiary/aromatic N) is 4. The normalized spacial score (nSPS) is 12.3. The molecular formula is C23H22FN5O2. The van der Waals surface area contributed by atoms with E-state index >= 15 is 0 Å². The van der Waals surface area contributed by atoms with Crippen LogP contribution in [0, 0.1) is 5.82 Å². The highest BCUT2D eigenvalue weighted by atomic mass is 19.1. The van der Waals surface area contributed by atoms with E-state index in [4.69, 9.17) is 10.5 Å². The van der Waals surface area contributed by atoms with Crippen LogP contribution in [-0.2, 0) is 18.4 Å². The van der Waals surface area contributed by atoms with Gasteiger partial charge in [0.15, 0.2) is 0 Å². The minimum absolute atomic E-state index is 0.255. The lowest BCUT2D eigenvalue weighted by molar-refractivity contribution is 0.0999. The fourth-order valence-corrected chi connectivity index (χ4v) is 3.75. The molecule has 0 unspecified atom stereocenters. The van der Waals surface area contributed by atoms with Crippen molar-refractivity contribution >= 4 is 16.8 Å². The monoisotopic (exact) mass is 419 g/mol. The zero-order valence-electron chi connectivity index (χ0n) is 17.5. The first-order valence-corrected chi connectivity index (χ1v) is 9.74. The fourth-order valence-electron chi connectivity index (χ4n) is 3.75. The second-order valence-corrected chi connectivity index (χ2v) is 7.41. The molecule has 1 amide bonds. The average Bonchev–Trinajstić information content (AvgIpc) is 3.19. The van der Waals surface area contributed by atoms with Crippen LogP contribution in [0.15, 0.2) is 48.9 Å². The van der Waals surface area contributed by atoms with E-state index < -0.39 is 11.7 Å². The number of methoxy groups -OCH3 is 1. The molecule has 1 aromatic carbocycles. The van der Waals surface area contributed by atoms with Crippen molar-refractivity contribution < 1.29 is 13.9 Å². The van der Waals surface area contributed by atoms with Gasteiger partial charge in [-0.15, -0.1) is 0 Å². The largest absolute Gasteiger partial charge is 0.378 e. The molecule has 1 atom stereocenters. The highest BCUT2D eigenvalue weighted by Crippen LogP contribution is 2.35. The number of amides is 1.